The van der Waals surface area contributed by atoms with Crippen molar-refractivity contribution in [3.05, 3.63) is 64.9 Å². The molecule has 7 heteroatoms. The van der Waals surface area contributed by atoms with Crippen molar-refractivity contribution < 1.29 is 14.0 Å². The third kappa shape index (κ3) is 3.61. The van der Waals surface area contributed by atoms with Crippen LogP contribution in [-0.4, -0.2) is 21.7 Å². The van der Waals surface area contributed by atoms with Crippen molar-refractivity contribution >= 4 is 34.4 Å². The van der Waals surface area contributed by atoms with Crippen molar-refractivity contribution in [2.45, 2.75) is 26.3 Å². The molecule has 0 aliphatic carbocycles. The zero-order chi connectivity index (χ0) is 19.7. The molecule has 1 aliphatic rings. The van der Waals surface area contributed by atoms with Gasteiger partial charge in [0.2, 0.25) is 11.8 Å². The van der Waals surface area contributed by atoms with Crippen LogP contribution in [0.2, 0.25) is 0 Å². The minimum atomic E-state index is -0.342. The van der Waals surface area contributed by atoms with Gasteiger partial charge in [-0.1, -0.05) is 24.3 Å². The summed E-state index contributed by atoms with van der Waals surface area (Å²) in [6, 6.07) is 11.2. The van der Waals surface area contributed by atoms with Crippen LogP contribution in [0, 0.1) is 6.92 Å². The SMILES string of the molecule is CC(=O)N1C=Cc2ccccc2[C@@H]1CC(=O)Nc1nc(-c2ccc(C)o2)cs1. The lowest BCUT2D eigenvalue weighted by Crippen LogP contribution is -2.33. The maximum atomic E-state index is 12.7. The fourth-order valence-electron chi connectivity index (χ4n) is 3.28. The fourth-order valence-corrected chi connectivity index (χ4v) is 3.99. The zero-order valence-corrected chi connectivity index (χ0v) is 16.3. The van der Waals surface area contributed by atoms with Gasteiger partial charge in [-0.15, -0.1) is 11.3 Å². The van der Waals surface area contributed by atoms with Crippen molar-refractivity contribution in [1.29, 1.82) is 0 Å². The quantitative estimate of drug-likeness (QED) is 0.702. The van der Waals surface area contributed by atoms with Gasteiger partial charge in [0.05, 0.1) is 12.5 Å². The molecular formula is C21H19N3O3S. The number of furan rings is 1. The molecule has 0 bridgehead atoms. The molecule has 0 unspecified atom stereocenters. The Labute approximate surface area is 166 Å². The topological polar surface area (TPSA) is 75.4 Å². The van der Waals surface area contributed by atoms with Gasteiger partial charge in [0, 0.05) is 18.5 Å². The second-order valence-corrected chi connectivity index (χ2v) is 7.45. The van der Waals surface area contributed by atoms with Gasteiger partial charge >= 0.3 is 0 Å². The molecule has 3 heterocycles. The van der Waals surface area contributed by atoms with E-state index in [-0.39, 0.29) is 24.3 Å². The van der Waals surface area contributed by atoms with Crippen molar-refractivity contribution in [2.75, 3.05) is 5.32 Å². The van der Waals surface area contributed by atoms with Gasteiger partial charge in [0.25, 0.3) is 0 Å². The number of nitrogens with one attached hydrogen (secondary N) is 1. The first-order valence-corrected chi connectivity index (χ1v) is 9.77. The Bertz CT molecular complexity index is 1070. The molecule has 1 N–H and O–H groups in total. The smallest absolute Gasteiger partial charge is 0.228 e. The van der Waals surface area contributed by atoms with E-state index in [0.29, 0.717) is 16.6 Å². The molecule has 6 nitrogen and oxygen atoms in total. The number of hydrogen-bond acceptors (Lipinski definition) is 5. The van der Waals surface area contributed by atoms with Gasteiger partial charge in [-0.05, 0) is 36.3 Å². The number of aryl methyl sites for hydroxylation is 1. The first-order chi connectivity index (χ1) is 13.5. The molecule has 3 aromatic rings. The molecule has 4 rings (SSSR count). The number of benzene rings is 1. The molecule has 142 valence electrons. The molecule has 28 heavy (non-hydrogen) atoms. The second-order valence-electron chi connectivity index (χ2n) is 6.59. The Morgan fingerprint density at radius 3 is 2.82 bits per heavy atom. The Balaban J connectivity index is 1.50. The van der Waals surface area contributed by atoms with Crippen LogP contribution >= 0.6 is 11.3 Å². The van der Waals surface area contributed by atoms with Crippen LogP contribution in [0.1, 0.15) is 36.3 Å². The standard InChI is InChI=1S/C21H19N3O3S/c1-13-7-8-19(27-13)17-12-28-21(22-17)23-20(26)11-18-16-6-4-3-5-15(16)9-10-24(18)14(2)25/h3-10,12,18H,11H2,1-2H3,(H,22,23,26)/t18-/m0/s1. The molecule has 1 aliphatic heterocycles. The van der Waals surface area contributed by atoms with E-state index in [0.717, 1.165) is 16.9 Å². The van der Waals surface area contributed by atoms with E-state index in [4.69, 9.17) is 4.42 Å². The third-order valence-electron chi connectivity index (χ3n) is 4.59. The molecular weight excluding hydrogens is 374 g/mol. The number of anilines is 1. The Hall–Kier alpha value is -3.19. The number of aromatic nitrogens is 1. The van der Waals surface area contributed by atoms with Gasteiger partial charge in [-0.3, -0.25) is 9.59 Å². The normalized spacial score (nSPS) is 15.4. The van der Waals surface area contributed by atoms with E-state index in [1.807, 2.05) is 54.8 Å². The summed E-state index contributed by atoms with van der Waals surface area (Å²) in [7, 11) is 0. The van der Waals surface area contributed by atoms with E-state index in [2.05, 4.69) is 10.3 Å². The molecule has 1 aromatic carbocycles. The monoisotopic (exact) mass is 393 g/mol. The minimum absolute atomic E-state index is 0.103. The van der Waals surface area contributed by atoms with Crippen LogP contribution in [0.5, 0.6) is 0 Å². The lowest BCUT2D eigenvalue weighted by Gasteiger charge is -2.32. The minimum Gasteiger partial charge on any atom is -0.460 e. The van der Waals surface area contributed by atoms with Crippen molar-refractivity contribution in [3.63, 3.8) is 0 Å². The number of carbonyl (C=O) groups is 2. The predicted octanol–water partition coefficient (Wildman–Crippen LogP) is 4.61. The van der Waals surface area contributed by atoms with E-state index >= 15 is 0 Å². The van der Waals surface area contributed by atoms with Gasteiger partial charge < -0.3 is 14.6 Å². The maximum absolute atomic E-state index is 12.7. The van der Waals surface area contributed by atoms with E-state index < -0.39 is 0 Å². The Morgan fingerprint density at radius 2 is 2.07 bits per heavy atom. The number of carbonyl (C=O) groups excluding carboxylic acids is 2. The molecule has 0 radical (unpaired) electrons. The van der Waals surface area contributed by atoms with Crippen LogP contribution in [-0.2, 0) is 9.59 Å². The summed E-state index contributed by atoms with van der Waals surface area (Å²) in [5.41, 5.74) is 2.66. The average Bonchev–Trinajstić information content (AvgIpc) is 3.30. The summed E-state index contributed by atoms with van der Waals surface area (Å²) in [6.07, 6.45) is 3.78. The van der Waals surface area contributed by atoms with Crippen LogP contribution in [0.15, 0.2) is 52.4 Å². The Kier molecular flexibility index (Phi) is 4.83. The predicted molar refractivity (Wildman–Crippen MR) is 109 cm³/mol. The zero-order valence-electron chi connectivity index (χ0n) is 15.5. The third-order valence-corrected chi connectivity index (χ3v) is 5.35. The summed E-state index contributed by atoms with van der Waals surface area (Å²) in [5.74, 6) is 1.18. The van der Waals surface area contributed by atoms with Crippen molar-refractivity contribution in [1.82, 2.24) is 9.88 Å². The van der Waals surface area contributed by atoms with Gasteiger partial charge in [0.1, 0.15) is 11.5 Å². The average molecular weight is 393 g/mol. The second kappa shape index (κ2) is 7.44. The van der Waals surface area contributed by atoms with Crippen LogP contribution in [0.25, 0.3) is 17.5 Å². The molecule has 0 saturated heterocycles. The molecule has 0 fully saturated rings. The number of hydrogen-bond donors (Lipinski definition) is 1. The van der Waals surface area contributed by atoms with Gasteiger partial charge in [0.15, 0.2) is 10.9 Å². The van der Waals surface area contributed by atoms with Crippen LogP contribution < -0.4 is 5.32 Å². The fraction of sp³-hybridized carbons (Fsp3) is 0.190. The highest BCUT2D eigenvalue weighted by molar-refractivity contribution is 7.14. The summed E-state index contributed by atoms with van der Waals surface area (Å²) in [4.78, 5) is 30.7. The summed E-state index contributed by atoms with van der Waals surface area (Å²) in [5, 5.41) is 5.19. The van der Waals surface area contributed by atoms with E-state index in [9.17, 15) is 9.59 Å². The van der Waals surface area contributed by atoms with E-state index in [1.54, 1.807) is 11.1 Å². The molecule has 0 saturated carbocycles. The molecule has 0 spiro atoms. The maximum Gasteiger partial charge on any atom is 0.228 e. The number of rotatable bonds is 4. The lowest BCUT2D eigenvalue weighted by atomic mass is 9.93. The summed E-state index contributed by atoms with van der Waals surface area (Å²) in [6.45, 7) is 3.37. The highest BCUT2D eigenvalue weighted by Crippen LogP contribution is 2.33. The van der Waals surface area contributed by atoms with Crippen molar-refractivity contribution in [3.8, 4) is 11.5 Å². The number of nitrogens with zero attached hydrogens (tertiary/aromatic N) is 2. The number of fused-ring (bicyclic) bond motifs is 1. The first-order valence-electron chi connectivity index (χ1n) is 8.89. The van der Waals surface area contributed by atoms with Crippen LogP contribution in [0.4, 0.5) is 5.13 Å². The molecule has 1 atom stereocenters. The van der Waals surface area contributed by atoms with Gasteiger partial charge in [-0.2, -0.15) is 0 Å². The summed E-state index contributed by atoms with van der Waals surface area (Å²) < 4.78 is 5.57. The van der Waals surface area contributed by atoms with E-state index in [1.165, 1.54) is 18.3 Å². The lowest BCUT2D eigenvalue weighted by molar-refractivity contribution is -0.129. The summed E-state index contributed by atoms with van der Waals surface area (Å²) >= 11 is 1.34. The number of amides is 2. The van der Waals surface area contributed by atoms with Crippen molar-refractivity contribution in [2.24, 2.45) is 0 Å². The highest BCUT2D eigenvalue weighted by atomic mass is 32.1. The highest BCUT2D eigenvalue weighted by Gasteiger charge is 2.28. The molecule has 2 aromatic heterocycles. The van der Waals surface area contributed by atoms with Gasteiger partial charge in [-0.25, -0.2) is 4.98 Å². The number of thiazole rings is 1. The Morgan fingerprint density at radius 1 is 1.25 bits per heavy atom. The van der Waals surface area contributed by atoms with Crippen LogP contribution in [0.3, 0.4) is 0 Å². The largest absolute Gasteiger partial charge is 0.460 e. The first kappa shape index (κ1) is 18.2. The molecule has 2 amide bonds.